The summed E-state index contributed by atoms with van der Waals surface area (Å²) < 4.78 is 5.58. The summed E-state index contributed by atoms with van der Waals surface area (Å²) in [6.45, 7) is 5.75. The summed E-state index contributed by atoms with van der Waals surface area (Å²) in [7, 11) is 4.08. The molecule has 1 amide bonds. The van der Waals surface area contributed by atoms with E-state index in [2.05, 4.69) is 25.7 Å². The number of ether oxygens (including phenoxy) is 1. The lowest BCUT2D eigenvalue weighted by atomic mass is 10.3. The van der Waals surface area contributed by atoms with Gasteiger partial charge in [0.2, 0.25) is 0 Å². The van der Waals surface area contributed by atoms with Gasteiger partial charge in [-0.15, -0.1) is 10.2 Å². The number of nitrogens with one attached hydrogen (secondary N) is 2. The minimum atomic E-state index is -0.297. The van der Waals surface area contributed by atoms with E-state index in [1.54, 1.807) is 24.3 Å². The number of anilines is 2. The van der Waals surface area contributed by atoms with Crippen LogP contribution in [0.25, 0.3) is 0 Å². The van der Waals surface area contributed by atoms with Crippen LogP contribution in [-0.4, -0.2) is 54.3 Å². The van der Waals surface area contributed by atoms with Gasteiger partial charge < -0.3 is 20.3 Å². The van der Waals surface area contributed by atoms with Crippen LogP contribution >= 0.6 is 0 Å². The summed E-state index contributed by atoms with van der Waals surface area (Å²) in [6, 6.07) is 10.7. The van der Waals surface area contributed by atoms with Gasteiger partial charge in [-0.3, -0.25) is 4.79 Å². The number of hydrogen-bond acceptors (Lipinski definition) is 6. The van der Waals surface area contributed by atoms with Crippen molar-refractivity contribution in [3.8, 4) is 5.75 Å². The van der Waals surface area contributed by atoms with E-state index in [1.807, 2.05) is 40.1 Å². The van der Waals surface area contributed by atoms with Crippen molar-refractivity contribution >= 4 is 17.4 Å². The lowest BCUT2D eigenvalue weighted by Gasteiger charge is -2.11. The minimum absolute atomic E-state index is 0.112. The molecule has 0 spiro atoms. The maximum Gasteiger partial charge on any atom is 0.276 e. The summed E-state index contributed by atoms with van der Waals surface area (Å²) >= 11 is 0. The lowest BCUT2D eigenvalue weighted by Crippen LogP contribution is -2.17. The van der Waals surface area contributed by atoms with E-state index in [-0.39, 0.29) is 17.7 Å². The molecule has 0 saturated carbocycles. The van der Waals surface area contributed by atoms with E-state index in [4.69, 9.17) is 4.74 Å². The van der Waals surface area contributed by atoms with Gasteiger partial charge in [-0.05, 0) is 77.3 Å². The molecular formula is C19H27N5O2. The normalized spacial score (nSPS) is 10.8. The Morgan fingerprint density at radius 1 is 1.12 bits per heavy atom. The molecular weight excluding hydrogens is 330 g/mol. The predicted octanol–water partition coefficient (Wildman–Crippen LogP) is 2.88. The SMILES string of the molecule is CC(C)Oc1ccc(NC(=O)c2ccc(NCCCN(C)C)nn2)cc1. The zero-order chi connectivity index (χ0) is 18.9. The van der Waals surface area contributed by atoms with Gasteiger partial charge in [0.25, 0.3) is 5.91 Å². The van der Waals surface area contributed by atoms with Crippen molar-refractivity contribution in [3.63, 3.8) is 0 Å². The third-order valence-corrected chi connectivity index (χ3v) is 3.47. The van der Waals surface area contributed by atoms with Crippen molar-refractivity contribution in [1.82, 2.24) is 15.1 Å². The molecule has 7 nitrogen and oxygen atoms in total. The number of hydrogen-bond donors (Lipinski definition) is 2. The molecule has 140 valence electrons. The van der Waals surface area contributed by atoms with Gasteiger partial charge in [-0.1, -0.05) is 0 Å². The van der Waals surface area contributed by atoms with Crippen LogP contribution in [0.3, 0.4) is 0 Å². The van der Waals surface area contributed by atoms with E-state index in [0.717, 1.165) is 25.3 Å². The number of amides is 1. The van der Waals surface area contributed by atoms with Gasteiger partial charge >= 0.3 is 0 Å². The molecule has 2 N–H and O–H groups in total. The molecule has 0 atom stereocenters. The molecule has 2 rings (SSSR count). The molecule has 0 bridgehead atoms. The van der Waals surface area contributed by atoms with Crippen LogP contribution in [0.15, 0.2) is 36.4 Å². The second kappa shape index (κ2) is 9.72. The van der Waals surface area contributed by atoms with Gasteiger partial charge in [0.15, 0.2) is 5.69 Å². The molecule has 26 heavy (non-hydrogen) atoms. The summed E-state index contributed by atoms with van der Waals surface area (Å²) in [6.07, 6.45) is 1.12. The summed E-state index contributed by atoms with van der Waals surface area (Å²) in [5.41, 5.74) is 0.949. The van der Waals surface area contributed by atoms with Crippen molar-refractivity contribution in [2.45, 2.75) is 26.4 Å². The average molecular weight is 357 g/mol. The van der Waals surface area contributed by atoms with Crippen LogP contribution in [0.5, 0.6) is 5.75 Å². The van der Waals surface area contributed by atoms with Gasteiger partial charge in [-0.2, -0.15) is 0 Å². The topological polar surface area (TPSA) is 79.4 Å². The summed E-state index contributed by atoms with van der Waals surface area (Å²) in [5.74, 6) is 1.13. The third kappa shape index (κ3) is 6.68. The first-order valence-electron chi connectivity index (χ1n) is 8.74. The third-order valence-electron chi connectivity index (χ3n) is 3.47. The van der Waals surface area contributed by atoms with Crippen LogP contribution in [0.4, 0.5) is 11.5 Å². The second-order valence-corrected chi connectivity index (χ2v) is 6.53. The van der Waals surface area contributed by atoms with Gasteiger partial charge in [-0.25, -0.2) is 0 Å². The molecule has 0 aliphatic rings. The molecule has 0 aliphatic heterocycles. The highest BCUT2D eigenvalue weighted by molar-refractivity contribution is 6.02. The first-order valence-corrected chi connectivity index (χ1v) is 8.74. The Kier molecular flexibility index (Phi) is 7.35. The highest BCUT2D eigenvalue weighted by Gasteiger charge is 2.09. The van der Waals surface area contributed by atoms with E-state index in [0.29, 0.717) is 11.5 Å². The van der Waals surface area contributed by atoms with E-state index < -0.39 is 0 Å². The van der Waals surface area contributed by atoms with Crippen LogP contribution < -0.4 is 15.4 Å². The molecule has 0 radical (unpaired) electrons. The average Bonchev–Trinajstić information content (AvgIpc) is 2.60. The first kappa shape index (κ1) is 19.7. The zero-order valence-electron chi connectivity index (χ0n) is 15.8. The van der Waals surface area contributed by atoms with Crippen molar-refractivity contribution in [2.75, 3.05) is 37.8 Å². The van der Waals surface area contributed by atoms with Crippen molar-refractivity contribution in [3.05, 3.63) is 42.1 Å². The van der Waals surface area contributed by atoms with E-state index in [1.165, 1.54) is 0 Å². The Bertz CT molecular complexity index is 684. The summed E-state index contributed by atoms with van der Waals surface area (Å²) in [4.78, 5) is 14.4. The Labute approximate surface area is 154 Å². The highest BCUT2D eigenvalue weighted by atomic mass is 16.5. The van der Waals surface area contributed by atoms with Crippen LogP contribution in [0, 0.1) is 0 Å². The number of aromatic nitrogens is 2. The fourth-order valence-corrected chi connectivity index (χ4v) is 2.24. The fourth-order valence-electron chi connectivity index (χ4n) is 2.24. The van der Waals surface area contributed by atoms with Crippen molar-refractivity contribution in [2.24, 2.45) is 0 Å². The molecule has 7 heteroatoms. The maximum atomic E-state index is 12.3. The lowest BCUT2D eigenvalue weighted by molar-refractivity contribution is 0.102. The second-order valence-electron chi connectivity index (χ2n) is 6.53. The molecule has 0 saturated heterocycles. The molecule has 0 aliphatic carbocycles. The number of rotatable bonds is 9. The Morgan fingerprint density at radius 3 is 2.42 bits per heavy atom. The molecule has 0 fully saturated rings. The number of carbonyl (C=O) groups excluding carboxylic acids is 1. The predicted molar refractivity (Wildman–Crippen MR) is 104 cm³/mol. The Hall–Kier alpha value is -2.67. The van der Waals surface area contributed by atoms with E-state index in [9.17, 15) is 4.79 Å². The fraction of sp³-hybridized carbons (Fsp3) is 0.421. The van der Waals surface area contributed by atoms with Crippen molar-refractivity contribution in [1.29, 1.82) is 0 Å². The monoisotopic (exact) mass is 357 g/mol. The maximum absolute atomic E-state index is 12.3. The smallest absolute Gasteiger partial charge is 0.276 e. The van der Waals surface area contributed by atoms with Crippen LogP contribution in [0.1, 0.15) is 30.8 Å². The molecule has 1 aromatic carbocycles. The number of carbonyl (C=O) groups is 1. The van der Waals surface area contributed by atoms with Gasteiger partial charge in [0.1, 0.15) is 11.6 Å². The number of benzene rings is 1. The summed E-state index contributed by atoms with van der Waals surface area (Å²) in [5, 5.41) is 14.0. The minimum Gasteiger partial charge on any atom is -0.491 e. The van der Waals surface area contributed by atoms with Gasteiger partial charge in [0, 0.05) is 12.2 Å². The van der Waals surface area contributed by atoms with Crippen LogP contribution in [-0.2, 0) is 0 Å². The Balaban J connectivity index is 1.85. The largest absolute Gasteiger partial charge is 0.491 e. The molecule has 1 heterocycles. The quantitative estimate of drug-likeness (QED) is 0.672. The van der Waals surface area contributed by atoms with E-state index >= 15 is 0 Å². The molecule has 2 aromatic rings. The highest BCUT2D eigenvalue weighted by Crippen LogP contribution is 2.17. The molecule has 0 unspecified atom stereocenters. The van der Waals surface area contributed by atoms with Crippen molar-refractivity contribution < 1.29 is 9.53 Å². The first-order chi connectivity index (χ1) is 12.4. The molecule has 1 aromatic heterocycles. The standard InChI is InChI=1S/C19H27N5O2/c1-14(2)26-16-8-6-15(7-9-16)21-19(25)17-10-11-18(23-22-17)20-12-5-13-24(3)4/h6-11,14H,5,12-13H2,1-4H3,(H,20,23)(H,21,25). The van der Waals surface area contributed by atoms with Gasteiger partial charge in [0.05, 0.1) is 6.10 Å². The van der Waals surface area contributed by atoms with Crippen LogP contribution in [0.2, 0.25) is 0 Å². The number of nitrogens with zero attached hydrogens (tertiary/aromatic N) is 3. The Morgan fingerprint density at radius 2 is 1.85 bits per heavy atom. The zero-order valence-corrected chi connectivity index (χ0v) is 15.8.